The second-order valence-electron chi connectivity index (χ2n) is 14.3. The largest absolute Gasteiger partial charge is 0.481 e. The smallest absolute Gasteiger partial charge is 0.303 e. The molecule has 0 aliphatic carbocycles. The number of nitrogens with zero attached hydrogens (tertiary/aromatic N) is 8. The van der Waals surface area contributed by atoms with Gasteiger partial charge >= 0.3 is 11.9 Å². The molecule has 0 aliphatic rings. The van der Waals surface area contributed by atoms with Crippen LogP contribution in [0.2, 0.25) is 0 Å². The monoisotopic (exact) mass is 831 g/mol. The Hall–Kier alpha value is -8.47. The summed E-state index contributed by atoms with van der Waals surface area (Å²) in [5.74, 6) is -2.20. The van der Waals surface area contributed by atoms with E-state index in [9.17, 15) is 19.2 Å². The Morgan fingerprint density at radius 2 is 1.05 bits per heavy atom. The van der Waals surface area contributed by atoms with Gasteiger partial charge in [0.25, 0.3) is 0 Å². The highest BCUT2D eigenvalue weighted by molar-refractivity contribution is 5.94. The van der Waals surface area contributed by atoms with Crippen molar-refractivity contribution in [1.82, 2.24) is 44.5 Å². The van der Waals surface area contributed by atoms with Gasteiger partial charge in [0.2, 0.25) is 17.6 Å². The van der Waals surface area contributed by atoms with Gasteiger partial charge in [-0.1, -0.05) is 36.4 Å². The minimum Gasteiger partial charge on any atom is -0.481 e. The molecule has 4 aromatic carbocycles. The predicted octanol–water partition coefficient (Wildman–Crippen LogP) is 5.90. The maximum absolute atomic E-state index is 11.6. The lowest BCUT2D eigenvalue weighted by Gasteiger charge is -2.17. The fraction of sp³-hybridized carbons (Fsp3) is 0.133. The van der Waals surface area contributed by atoms with Gasteiger partial charge in [0, 0.05) is 45.1 Å². The van der Waals surface area contributed by atoms with E-state index < -0.39 is 23.8 Å². The normalized spacial score (nSPS) is 10.9. The van der Waals surface area contributed by atoms with Crippen LogP contribution in [0.1, 0.15) is 56.1 Å². The summed E-state index contributed by atoms with van der Waals surface area (Å²) in [5, 5.41) is 40.0. The summed E-state index contributed by atoms with van der Waals surface area (Å²) in [7, 11) is 0. The van der Waals surface area contributed by atoms with Crippen molar-refractivity contribution in [3.63, 3.8) is 0 Å². The van der Waals surface area contributed by atoms with Gasteiger partial charge in [-0.3, -0.25) is 23.7 Å². The molecule has 0 bridgehead atoms. The molecule has 8 rings (SSSR count). The number of nitrogens with two attached hydrogens (primary N) is 2. The lowest BCUT2D eigenvalue weighted by Crippen LogP contribution is -2.12. The molecule has 0 atom stereocenters. The number of tetrazole rings is 1. The number of primary amides is 2. The van der Waals surface area contributed by atoms with Gasteiger partial charge in [0.05, 0.1) is 24.2 Å². The number of rotatable bonds is 14. The fourth-order valence-electron chi connectivity index (χ4n) is 7.17. The number of aliphatic carboxylic acids is 2. The first-order valence-corrected chi connectivity index (χ1v) is 19.3. The van der Waals surface area contributed by atoms with Crippen molar-refractivity contribution in [3.05, 3.63) is 155 Å². The van der Waals surface area contributed by atoms with Crippen molar-refractivity contribution in [1.29, 1.82) is 0 Å². The number of H-pyrrole nitrogens is 1. The molecule has 17 nitrogen and oxygen atoms in total. The second-order valence-corrected chi connectivity index (χ2v) is 14.3. The van der Waals surface area contributed by atoms with Gasteiger partial charge in [0.1, 0.15) is 12.7 Å². The summed E-state index contributed by atoms with van der Waals surface area (Å²) in [4.78, 5) is 45.4. The minimum atomic E-state index is -0.862. The van der Waals surface area contributed by atoms with Gasteiger partial charge < -0.3 is 30.8 Å². The SMILES string of the molecule is Cc1cc(C(N)=O)ccc1-n1c(CCC(=O)O)ccc1-c1ccc(-c2nn[nH]n2)cc1.Cc1cc(C(N)=O)ccc1-n1c(CCC(=O)O)ccc1-c1ccc(-n2cnnc2)cc1. The van der Waals surface area contributed by atoms with Crippen molar-refractivity contribution < 1.29 is 29.4 Å². The molecule has 4 heterocycles. The third-order valence-electron chi connectivity index (χ3n) is 10.2. The molecule has 312 valence electrons. The molecular weight excluding hydrogens is 791 g/mol. The molecular formula is C45H41N11O6. The quantitative estimate of drug-likeness (QED) is 0.0862. The Kier molecular flexibility index (Phi) is 12.2. The van der Waals surface area contributed by atoms with Crippen LogP contribution >= 0.6 is 0 Å². The van der Waals surface area contributed by atoms with Gasteiger partial charge in [-0.05, 0) is 127 Å². The van der Waals surface area contributed by atoms with Crippen LogP contribution in [0.25, 0.3) is 51.0 Å². The van der Waals surface area contributed by atoms with E-state index >= 15 is 0 Å². The number of aromatic amines is 1. The number of carboxylic acid groups (broad SMARTS) is 2. The van der Waals surface area contributed by atoms with Gasteiger partial charge in [-0.15, -0.1) is 20.4 Å². The van der Waals surface area contributed by atoms with Gasteiger partial charge in [-0.25, -0.2) is 0 Å². The van der Waals surface area contributed by atoms with Crippen LogP contribution in [0.15, 0.2) is 122 Å². The second kappa shape index (κ2) is 18.2. The molecule has 17 heteroatoms. The van der Waals surface area contributed by atoms with Crippen molar-refractivity contribution in [3.8, 4) is 51.0 Å². The minimum absolute atomic E-state index is 0.0125. The van der Waals surface area contributed by atoms with E-state index in [0.717, 1.165) is 67.7 Å². The zero-order chi connectivity index (χ0) is 43.9. The average Bonchev–Trinajstić information content (AvgIpc) is 4.11. The van der Waals surface area contributed by atoms with Gasteiger partial charge in [0.15, 0.2) is 0 Å². The van der Waals surface area contributed by atoms with E-state index in [-0.39, 0.29) is 12.8 Å². The topological polar surface area (TPSA) is 256 Å². The molecule has 8 aromatic rings. The zero-order valence-electron chi connectivity index (χ0n) is 33.6. The van der Waals surface area contributed by atoms with Crippen LogP contribution in [0.5, 0.6) is 0 Å². The Morgan fingerprint density at radius 3 is 1.45 bits per heavy atom. The molecule has 4 aromatic heterocycles. The summed E-state index contributed by atoms with van der Waals surface area (Å²) >= 11 is 0. The predicted molar refractivity (Wildman–Crippen MR) is 229 cm³/mol. The van der Waals surface area contributed by atoms with Crippen LogP contribution in [0.4, 0.5) is 0 Å². The van der Waals surface area contributed by atoms with Crippen LogP contribution < -0.4 is 11.5 Å². The van der Waals surface area contributed by atoms with Crippen LogP contribution in [-0.2, 0) is 22.4 Å². The van der Waals surface area contributed by atoms with Crippen molar-refractivity contribution >= 4 is 23.8 Å². The number of amides is 2. The summed E-state index contributed by atoms with van der Waals surface area (Å²) < 4.78 is 5.87. The highest BCUT2D eigenvalue weighted by Gasteiger charge is 2.18. The fourth-order valence-corrected chi connectivity index (χ4v) is 7.17. The molecule has 62 heavy (non-hydrogen) atoms. The van der Waals surface area contributed by atoms with E-state index in [1.54, 1.807) is 36.9 Å². The lowest BCUT2D eigenvalue weighted by molar-refractivity contribution is -0.138. The van der Waals surface area contributed by atoms with E-state index in [4.69, 9.17) is 21.7 Å². The molecule has 7 N–H and O–H groups in total. The molecule has 0 spiro atoms. The van der Waals surface area contributed by atoms with Crippen molar-refractivity contribution in [2.45, 2.75) is 39.5 Å². The van der Waals surface area contributed by atoms with E-state index in [2.05, 4.69) is 30.8 Å². The van der Waals surface area contributed by atoms with Crippen molar-refractivity contribution in [2.24, 2.45) is 11.5 Å². The standard InChI is InChI=1S/C23H21N5O3.C22H20N6O3/c1-15-12-17(23(24)31)4-9-20(15)28-19(8-11-22(29)30)7-10-21(28)16-2-5-18(6-3-16)27-13-25-26-14-27;1-13-12-16(21(23)31)6-9-18(13)28-17(8-11-20(29)30)7-10-19(28)14-2-4-15(5-3-14)22-24-26-27-25-22/h2-7,9-10,12-14H,8,11H2,1H3,(H2,24,31)(H,29,30);2-7,9-10,12H,8,11H2,1H3,(H2,23,31)(H,29,30)(H,24,25,26,27). The molecule has 0 unspecified atom stereocenters. The summed E-state index contributed by atoms with van der Waals surface area (Å²) in [6.07, 6.45) is 4.04. The molecule has 0 aliphatic heterocycles. The number of hydrogen-bond donors (Lipinski definition) is 5. The number of carbonyl (C=O) groups is 4. The Bertz CT molecular complexity index is 2680. The molecule has 2 amide bonds. The number of benzene rings is 4. The number of aromatic nitrogens is 9. The maximum atomic E-state index is 11.6. The third kappa shape index (κ3) is 9.21. The first-order chi connectivity index (χ1) is 29.9. The van der Waals surface area contributed by atoms with Gasteiger partial charge in [-0.2, -0.15) is 5.21 Å². The number of carboxylic acids is 2. The van der Waals surface area contributed by atoms with Crippen LogP contribution in [0.3, 0.4) is 0 Å². The lowest BCUT2D eigenvalue weighted by atomic mass is 10.1. The average molecular weight is 832 g/mol. The third-order valence-corrected chi connectivity index (χ3v) is 10.2. The number of aryl methyl sites for hydroxylation is 4. The highest BCUT2D eigenvalue weighted by atomic mass is 16.4. The summed E-state index contributed by atoms with van der Waals surface area (Å²) in [5.41, 5.74) is 22.3. The molecule has 0 saturated carbocycles. The number of carbonyl (C=O) groups excluding carboxylic acids is 2. The first-order valence-electron chi connectivity index (χ1n) is 19.3. The van der Waals surface area contributed by atoms with E-state index in [0.29, 0.717) is 29.8 Å². The Balaban J connectivity index is 0.000000186. The first kappa shape index (κ1) is 41.7. The molecule has 0 radical (unpaired) electrons. The number of nitrogens with one attached hydrogen (secondary N) is 1. The Morgan fingerprint density at radius 1 is 0.597 bits per heavy atom. The summed E-state index contributed by atoms with van der Waals surface area (Å²) in [6, 6.07) is 33.9. The zero-order valence-corrected chi connectivity index (χ0v) is 33.6. The summed E-state index contributed by atoms with van der Waals surface area (Å²) in [6.45, 7) is 3.80. The number of hydrogen-bond acceptors (Lipinski definition) is 9. The van der Waals surface area contributed by atoms with Crippen LogP contribution in [-0.4, -0.2) is 78.5 Å². The van der Waals surface area contributed by atoms with E-state index in [1.807, 2.05) is 112 Å². The Labute approximate surface area is 354 Å². The molecule has 0 saturated heterocycles. The molecule has 0 fully saturated rings. The van der Waals surface area contributed by atoms with Crippen molar-refractivity contribution in [2.75, 3.05) is 0 Å². The van der Waals surface area contributed by atoms with E-state index in [1.165, 1.54) is 0 Å². The van der Waals surface area contributed by atoms with Crippen LogP contribution in [0, 0.1) is 13.8 Å². The highest BCUT2D eigenvalue weighted by Crippen LogP contribution is 2.32. The maximum Gasteiger partial charge on any atom is 0.303 e.